The minimum atomic E-state index is -0.636. The number of carbonyl (C=O) groups excluding carboxylic acids is 1. The summed E-state index contributed by atoms with van der Waals surface area (Å²) in [5.74, 6) is 0. The lowest BCUT2D eigenvalue weighted by Crippen LogP contribution is -2.13. The first-order valence-corrected chi connectivity index (χ1v) is 6.79. The Hall–Kier alpha value is -1.68. The van der Waals surface area contributed by atoms with Gasteiger partial charge in [0.25, 0.3) is 0 Å². The Bertz CT molecular complexity index is 665. The van der Waals surface area contributed by atoms with Crippen molar-refractivity contribution < 1.29 is 14.5 Å². The first kappa shape index (κ1) is 13.7. The number of aryl methyl sites for hydroxylation is 1. The van der Waals surface area contributed by atoms with Gasteiger partial charge in [-0.15, -0.1) is 0 Å². The molecule has 102 valence electrons. The molecular weight excluding hydrogens is 340 g/mol. The number of amides is 1. The zero-order valence-corrected chi connectivity index (χ0v) is 12.4. The van der Waals surface area contributed by atoms with Gasteiger partial charge < -0.3 is 9.30 Å². The molecule has 0 unspecified atom stereocenters. The van der Waals surface area contributed by atoms with Crippen LogP contribution in [0.3, 0.4) is 0 Å². The maximum Gasteiger partial charge on any atom is 0.413 e. The van der Waals surface area contributed by atoms with E-state index in [1.165, 1.54) is 0 Å². The Labute approximate surface area is 119 Å². The molecule has 2 aromatic heterocycles. The normalized spacial score (nSPS) is 10.7. The third-order valence-corrected chi connectivity index (χ3v) is 4.17. The summed E-state index contributed by atoms with van der Waals surface area (Å²) in [6.07, 6.45) is -0.636. The molecule has 0 atom stereocenters. The molecule has 2 heterocycles. The van der Waals surface area contributed by atoms with E-state index in [-0.39, 0.29) is 17.4 Å². The second-order valence-corrected chi connectivity index (χ2v) is 5.22. The number of aromatic nitrogens is 2. The third kappa shape index (κ3) is 2.40. The smallest absolute Gasteiger partial charge is 0.413 e. The van der Waals surface area contributed by atoms with Crippen LogP contribution in [-0.4, -0.2) is 27.2 Å². The Morgan fingerprint density at radius 1 is 1.68 bits per heavy atom. The SMILES string of the molecule is CCOC(=O)Nc1nc2c(s1)c([N+](=O)[O-])c(Br)n2C. The van der Waals surface area contributed by atoms with E-state index in [1.807, 2.05) is 0 Å². The maximum atomic E-state index is 11.3. The number of anilines is 1. The lowest BCUT2D eigenvalue weighted by atomic mass is 10.5. The van der Waals surface area contributed by atoms with Gasteiger partial charge in [0.2, 0.25) is 0 Å². The number of thiazole rings is 1. The number of hydrogen-bond donors (Lipinski definition) is 1. The summed E-state index contributed by atoms with van der Waals surface area (Å²) in [6, 6.07) is 0. The second kappa shape index (κ2) is 5.13. The van der Waals surface area contributed by atoms with E-state index in [0.717, 1.165) is 11.3 Å². The van der Waals surface area contributed by atoms with Crippen molar-refractivity contribution in [2.75, 3.05) is 11.9 Å². The second-order valence-electron chi connectivity index (χ2n) is 3.47. The van der Waals surface area contributed by atoms with Crippen molar-refractivity contribution in [3.05, 3.63) is 14.7 Å². The van der Waals surface area contributed by atoms with Crippen molar-refractivity contribution in [1.82, 2.24) is 9.55 Å². The molecule has 0 aliphatic heterocycles. The molecule has 0 aromatic carbocycles. The van der Waals surface area contributed by atoms with Gasteiger partial charge in [0.1, 0.15) is 0 Å². The van der Waals surface area contributed by atoms with Gasteiger partial charge in [-0.1, -0.05) is 11.3 Å². The fourth-order valence-electron chi connectivity index (χ4n) is 1.51. The zero-order chi connectivity index (χ0) is 14.2. The van der Waals surface area contributed by atoms with Crippen molar-refractivity contribution in [3.63, 3.8) is 0 Å². The van der Waals surface area contributed by atoms with E-state index < -0.39 is 11.0 Å². The van der Waals surface area contributed by atoms with E-state index >= 15 is 0 Å². The summed E-state index contributed by atoms with van der Waals surface area (Å²) in [6.45, 7) is 1.92. The van der Waals surface area contributed by atoms with E-state index in [0.29, 0.717) is 15.0 Å². The average molecular weight is 349 g/mol. The summed E-state index contributed by atoms with van der Waals surface area (Å²) in [5, 5.41) is 13.7. The van der Waals surface area contributed by atoms with Crippen LogP contribution in [0.4, 0.5) is 15.6 Å². The summed E-state index contributed by atoms with van der Waals surface area (Å²) in [7, 11) is 1.65. The highest BCUT2D eigenvalue weighted by atomic mass is 79.9. The highest BCUT2D eigenvalue weighted by Gasteiger charge is 2.27. The summed E-state index contributed by atoms with van der Waals surface area (Å²) in [5.41, 5.74) is 0.363. The van der Waals surface area contributed by atoms with Crippen LogP contribution in [0.1, 0.15) is 6.92 Å². The number of nitro groups is 1. The predicted molar refractivity (Wildman–Crippen MR) is 73.6 cm³/mol. The fraction of sp³-hybridized carbons (Fsp3) is 0.333. The average Bonchev–Trinajstić information content (AvgIpc) is 2.79. The van der Waals surface area contributed by atoms with Gasteiger partial charge in [0, 0.05) is 7.05 Å². The van der Waals surface area contributed by atoms with Gasteiger partial charge in [-0.05, 0) is 22.9 Å². The Morgan fingerprint density at radius 2 is 2.37 bits per heavy atom. The molecule has 2 aromatic rings. The number of ether oxygens (including phenoxy) is 1. The van der Waals surface area contributed by atoms with E-state index in [2.05, 4.69) is 26.2 Å². The van der Waals surface area contributed by atoms with Gasteiger partial charge in [-0.2, -0.15) is 0 Å². The standard InChI is InChI=1S/C9H9BrN4O4S/c1-3-18-9(15)12-8-11-7-5(19-8)4(14(16)17)6(10)13(7)2/h3H2,1-2H3,(H,11,12,15). The van der Waals surface area contributed by atoms with E-state index in [9.17, 15) is 14.9 Å². The minimum absolute atomic E-state index is 0.0630. The van der Waals surface area contributed by atoms with Gasteiger partial charge in [-0.3, -0.25) is 15.4 Å². The van der Waals surface area contributed by atoms with Gasteiger partial charge in [0.05, 0.1) is 11.5 Å². The third-order valence-electron chi connectivity index (χ3n) is 2.30. The molecule has 2 rings (SSSR count). The van der Waals surface area contributed by atoms with Crippen LogP contribution in [0.25, 0.3) is 10.3 Å². The van der Waals surface area contributed by atoms with Crippen LogP contribution in [0.5, 0.6) is 0 Å². The highest BCUT2D eigenvalue weighted by molar-refractivity contribution is 9.10. The molecule has 19 heavy (non-hydrogen) atoms. The van der Waals surface area contributed by atoms with Crippen molar-refractivity contribution >= 4 is 54.5 Å². The van der Waals surface area contributed by atoms with Gasteiger partial charge in [-0.25, -0.2) is 9.78 Å². The number of carbonyl (C=O) groups is 1. The molecule has 10 heteroatoms. The molecule has 0 aliphatic carbocycles. The summed E-state index contributed by atoms with van der Waals surface area (Å²) in [4.78, 5) is 25.9. The number of hydrogen-bond acceptors (Lipinski definition) is 6. The lowest BCUT2D eigenvalue weighted by Gasteiger charge is -2.00. The van der Waals surface area contributed by atoms with E-state index in [1.54, 1.807) is 18.5 Å². The molecule has 0 fully saturated rings. The molecule has 0 bridgehead atoms. The van der Waals surface area contributed by atoms with Crippen LogP contribution in [0, 0.1) is 10.1 Å². The van der Waals surface area contributed by atoms with Crippen LogP contribution >= 0.6 is 27.3 Å². The largest absolute Gasteiger partial charge is 0.450 e. The van der Waals surface area contributed by atoms with Gasteiger partial charge >= 0.3 is 11.8 Å². The topological polar surface area (TPSA) is 99.3 Å². The number of nitrogens with one attached hydrogen (secondary N) is 1. The minimum Gasteiger partial charge on any atom is -0.450 e. The van der Waals surface area contributed by atoms with Crippen molar-refractivity contribution in [3.8, 4) is 0 Å². The predicted octanol–water partition coefficient (Wildman–Crippen LogP) is 2.87. The summed E-state index contributed by atoms with van der Waals surface area (Å²) < 4.78 is 6.99. The molecule has 0 radical (unpaired) electrons. The van der Waals surface area contributed by atoms with Crippen LogP contribution in [-0.2, 0) is 11.8 Å². The molecule has 0 saturated heterocycles. The zero-order valence-electron chi connectivity index (χ0n) is 9.97. The molecule has 8 nitrogen and oxygen atoms in total. The maximum absolute atomic E-state index is 11.3. The molecular formula is C9H9BrN4O4S. The Balaban J connectivity index is 2.44. The van der Waals surface area contributed by atoms with Crippen LogP contribution in [0.15, 0.2) is 4.60 Å². The highest BCUT2D eigenvalue weighted by Crippen LogP contribution is 2.40. The number of halogens is 1. The Morgan fingerprint density at radius 3 is 2.95 bits per heavy atom. The first-order valence-electron chi connectivity index (χ1n) is 5.18. The summed E-state index contributed by atoms with van der Waals surface area (Å²) >= 11 is 4.18. The van der Waals surface area contributed by atoms with Crippen molar-refractivity contribution in [2.24, 2.45) is 7.05 Å². The van der Waals surface area contributed by atoms with Crippen molar-refractivity contribution in [1.29, 1.82) is 0 Å². The molecule has 0 saturated carbocycles. The molecule has 1 N–H and O–H groups in total. The van der Waals surface area contributed by atoms with Crippen LogP contribution < -0.4 is 5.32 Å². The lowest BCUT2D eigenvalue weighted by molar-refractivity contribution is -0.383. The molecule has 1 amide bonds. The van der Waals surface area contributed by atoms with Crippen molar-refractivity contribution in [2.45, 2.75) is 6.92 Å². The Kier molecular flexibility index (Phi) is 3.71. The quantitative estimate of drug-likeness (QED) is 0.678. The number of nitrogens with zero attached hydrogens (tertiary/aromatic N) is 3. The van der Waals surface area contributed by atoms with Crippen LogP contribution in [0.2, 0.25) is 0 Å². The van der Waals surface area contributed by atoms with Gasteiger partial charge in [0.15, 0.2) is 20.1 Å². The first-order chi connectivity index (χ1) is 8.95. The molecule has 0 spiro atoms. The number of fused-ring (bicyclic) bond motifs is 1. The number of rotatable bonds is 3. The fourth-order valence-corrected chi connectivity index (χ4v) is 3.15. The monoisotopic (exact) mass is 348 g/mol. The van der Waals surface area contributed by atoms with E-state index in [4.69, 9.17) is 4.74 Å². The molecule has 0 aliphatic rings.